The van der Waals surface area contributed by atoms with Crippen LogP contribution in [0.1, 0.15) is 26.3 Å². The number of carbonyl (C=O) groups excluding carboxylic acids is 1. The zero-order valence-corrected chi connectivity index (χ0v) is 16.4. The zero-order chi connectivity index (χ0) is 19.1. The molecule has 1 aromatic carbocycles. The number of methoxy groups -OCH3 is 2. The van der Waals surface area contributed by atoms with Crippen molar-refractivity contribution >= 4 is 28.6 Å². The van der Waals surface area contributed by atoms with Crippen molar-refractivity contribution in [3.8, 4) is 5.75 Å². The van der Waals surface area contributed by atoms with E-state index < -0.39 is 11.2 Å². The quantitative estimate of drug-likeness (QED) is 0.808. The number of halogens is 1. The lowest BCUT2D eigenvalue weighted by Gasteiger charge is -2.49. The predicted molar refractivity (Wildman–Crippen MR) is 99.8 cm³/mol. The molecule has 0 radical (unpaired) electrons. The van der Waals surface area contributed by atoms with Crippen LogP contribution in [0, 0.1) is 0 Å². The molecule has 3 rings (SSSR count). The number of carbonyl (C=O) groups is 1. The highest BCUT2D eigenvalue weighted by Gasteiger charge is 2.50. The molecule has 0 bridgehead atoms. The lowest BCUT2D eigenvalue weighted by molar-refractivity contribution is -0.127. The topological polar surface area (TPSA) is 60.9 Å². The van der Waals surface area contributed by atoms with Gasteiger partial charge in [-0.3, -0.25) is 4.98 Å². The molecule has 1 fully saturated rings. The van der Waals surface area contributed by atoms with Gasteiger partial charge in [-0.25, -0.2) is 4.79 Å². The van der Waals surface area contributed by atoms with Crippen molar-refractivity contribution in [1.82, 2.24) is 9.88 Å². The number of nitrogens with zero attached hydrogens (tertiary/aromatic N) is 2. The van der Waals surface area contributed by atoms with Crippen LogP contribution in [0.3, 0.4) is 0 Å². The van der Waals surface area contributed by atoms with Crippen molar-refractivity contribution < 1.29 is 19.0 Å². The minimum atomic E-state index is -0.671. The average Bonchev–Trinajstić information content (AvgIpc) is 2.52. The summed E-state index contributed by atoms with van der Waals surface area (Å²) in [4.78, 5) is 18.2. The van der Waals surface area contributed by atoms with Crippen LogP contribution >= 0.6 is 11.6 Å². The Morgan fingerprint density at radius 1 is 1.27 bits per heavy atom. The highest BCUT2D eigenvalue weighted by atomic mass is 35.5. The fourth-order valence-electron chi connectivity index (χ4n) is 3.10. The van der Waals surface area contributed by atoms with E-state index in [1.54, 1.807) is 31.4 Å². The van der Waals surface area contributed by atoms with Crippen LogP contribution in [-0.2, 0) is 15.1 Å². The molecular formula is C19H23ClN2O4. The molecule has 0 N–H and O–H groups in total. The highest BCUT2D eigenvalue weighted by molar-refractivity contribution is 6.35. The SMILES string of the molecule is COc1cc2nccc(Cl)c2cc1C1(OC)CN(C(=O)OC(C)(C)C)C1. The van der Waals surface area contributed by atoms with E-state index in [0.717, 1.165) is 16.5 Å². The fraction of sp³-hybridized carbons (Fsp3) is 0.474. The first-order valence-electron chi connectivity index (χ1n) is 8.35. The third-order valence-electron chi connectivity index (χ3n) is 4.44. The van der Waals surface area contributed by atoms with Gasteiger partial charge in [-0.15, -0.1) is 0 Å². The van der Waals surface area contributed by atoms with E-state index in [0.29, 0.717) is 23.9 Å². The molecule has 1 aromatic heterocycles. The Kier molecular flexibility index (Phi) is 4.75. The number of ether oxygens (including phenoxy) is 3. The third kappa shape index (κ3) is 3.31. The van der Waals surface area contributed by atoms with Crippen LogP contribution in [0.25, 0.3) is 10.9 Å². The van der Waals surface area contributed by atoms with Crippen molar-refractivity contribution in [2.45, 2.75) is 32.0 Å². The molecule has 26 heavy (non-hydrogen) atoms. The average molecular weight is 379 g/mol. The second kappa shape index (κ2) is 6.59. The van der Waals surface area contributed by atoms with Gasteiger partial charge in [-0.1, -0.05) is 11.6 Å². The van der Waals surface area contributed by atoms with E-state index in [9.17, 15) is 4.79 Å². The lowest BCUT2D eigenvalue weighted by Crippen LogP contribution is -2.62. The molecule has 6 nitrogen and oxygen atoms in total. The minimum Gasteiger partial charge on any atom is -0.496 e. The van der Waals surface area contributed by atoms with Crippen LogP contribution < -0.4 is 4.74 Å². The zero-order valence-electron chi connectivity index (χ0n) is 15.6. The van der Waals surface area contributed by atoms with E-state index in [1.807, 2.05) is 32.9 Å². The van der Waals surface area contributed by atoms with E-state index >= 15 is 0 Å². The normalized spacial score (nSPS) is 16.3. The monoisotopic (exact) mass is 378 g/mol. The van der Waals surface area contributed by atoms with Crippen molar-refractivity contribution in [2.24, 2.45) is 0 Å². The molecular weight excluding hydrogens is 356 g/mol. The molecule has 140 valence electrons. The van der Waals surface area contributed by atoms with E-state index in [1.165, 1.54) is 0 Å². The molecule has 7 heteroatoms. The van der Waals surface area contributed by atoms with Gasteiger partial charge in [0.05, 0.1) is 30.7 Å². The molecule has 0 saturated carbocycles. The molecule has 1 saturated heterocycles. The first-order valence-corrected chi connectivity index (χ1v) is 8.73. The Hall–Kier alpha value is -2.05. The summed E-state index contributed by atoms with van der Waals surface area (Å²) in [5.74, 6) is 0.651. The number of benzene rings is 1. The van der Waals surface area contributed by atoms with Crippen molar-refractivity contribution in [1.29, 1.82) is 0 Å². The van der Waals surface area contributed by atoms with Crippen LogP contribution in [-0.4, -0.2) is 48.9 Å². The molecule has 1 aliphatic heterocycles. The van der Waals surface area contributed by atoms with Gasteiger partial charge < -0.3 is 19.1 Å². The minimum absolute atomic E-state index is 0.357. The van der Waals surface area contributed by atoms with Crippen molar-refractivity contribution in [2.75, 3.05) is 27.3 Å². The Morgan fingerprint density at radius 3 is 2.54 bits per heavy atom. The van der Waals surface area contributed by atoms with E-state index in [-0.39, 0.29) is 6.09 Å². The Bertz CT molecular complexity index is 841. The molecule has 2 aromatic rings. The summed E-state index contributed by atoms with van der Waals surface area (Å²) in [5, 5.41) is 1.42. The maximum absolute atomic E-state index is 12.3. The molecule has 2 heterocycles. The standard InChI is InChI=1S/C19H23ClN2O4/c1-18(2,3)26-17(23)22-10-19(11-22,25-5)13-8-12-14(20)6-7-21-15(12)9-16(13)24-4/h6-9H,10-11H2,1-5H3. The summed E-state index contributed by atoms with van der Waals surface area (Å²) in [7, 11) is 3.23. The van der Waals surface area contributed by atoms with Crippen LogP contribution in [0.4, 0.5) is 4.79 Å². The number of rotatable bonds is 3. The maximum Gasteiger partial charge on any atom is 0.410 e. The lowest BCUT2D eigenvalue weighted by atomic mass is 9.84. The summed E-state index contributed by atoms with van der Waals surface area (Å²) in [5.41, 5.74) is 0.370. The first kappa shape index (κ1) is 18.7. The highest BCUT2D eigenvalue weighted by Crippen LogP contribution is 2.43. The van der Waals surface area contributed by atoms with E-state index in [2.05, 4.69) is 4.98 Å². The van der Waals surface area contributed by atoms with Gasteiger partial charge >= 0.3 is 6.09 Å². The second-order valence-corrected chi connectivity index (χ2v) is 7.80. The summed E-state index contributed by atoms with van der Waals surface area (Å²) in [6, 6.07) is 5.51. The van der Waals surface area contributed by atoms with Crippen LogP contribution in [0.5, 0.6) is 5.75 Å². The Morgan fingerprint density at radius 2 is 1.96 bits per heavy atom. The number of pyridine rings is 1. The van der Waals surface area contributed by atoms with Gasteiger partial charge in [0.2, 0.25) is 0 Å². The predicted octanol–water partition coefficient (Wildman–Crippen LogP) is 3.99. The number of aromatic nitrogens is 1. The largest absolute Gasteiger partial charge is 0.496 e. The summed E-state index contributed by atoms with van der Waals surface area (Å²) in [6.45, 7) is 6.27. The number of amides is 1. The van der Waals surface area contributed by atoms with Crippen molar-refractivity contribution in [3.63, 3.8) is 0 Å². The number of hydrogen-bond acceptors (Lipinski definition) is 5. The molecule has 1 amide bonds. The molecule has 0 unspecified atom stereocenters. The third-order valence-corrected chi connectivity index (χ3v) is 4.77. The maximum atomic E-state index is 12.3. The first-order chi connectivity index (χ1) is 12.2. The molecule has 0 atom stereocenters. The Labute approximate surface area is 158 Å². The molecule has 0 spiro atoms. The second-order valence-electron chi connectivity index (χ2n) is 7.40. The van der Waals surface area contributed by atoms with Crippen molar-refractivity contribution in [3.05, 3.63) is 35.0 Å². The van der Waals surface area contributed by atoms with Crippen LogP contribution in [0.2, 0.25) is 5.02 Å². The van der Waals surface area contributed by atoms with Gasteiger partial charge in [-0.2, -0.15) is 0 Å². The van der Waals surface area contributed by atoms with Gasteiger partial charge in [-0.05, 0) is 32.9 Å². The number of hydrogen-bond donors (Lipinski definition) is 0. The Balaban J connectivity index is 1.94. The van der Waals surface area contributed by atoms with Gasteiger partial charge in [0.25, 0.3) is 0 Å². The van der Waals surface area contributed by atoms with Gasteiger partial charge in [0.1, 0.15) is 17.0 Å². The fourth-order valence-corrected chi connectivity index (χ4v) is 3.31. The number of likely N-dealkylation sites (tertiary alicyclic amines) is 1. The summed E-state index contributed by atoms with van der Waals surface area (Å²) < 4.78 is 16.8. The smallest absolute Gasteiger partial charge is 0.410 e. The summed E-state index contributed by atoms with van der Waals surface area (Å²) >= 11 is 6.32. The van der Waals surface area contributed by atoms with Crippen LogP contribution in [0.15, 0.2) is 24.4 Å². The molecule has 1 aliphatic rings. The van der Waals surface area contributed by atoms with Gasteiger partial charge in [0.15, 0.2) is 0 Å². The summed E-state index contributed by atoms with van der Waals surface area (Å²) in [6.07, 6.45) is 1.30. The van der Waals surface area contributed by atoms with Gasteiger partial charge in [0, 0.05) is 30.3 Å². The number of fused-ring (bicyclic) bond motifs is 1. The van der Waals surface area contributed by atoms with E-state index in [4.69, 9.17) is 25.8 Å². The molecule has 0 aliphatic carbocycles.